The highest BCUT2D eigenvalue weighted by Gasteiger charge is 2.45. The molecular formula is C18H19N. The zero-order valence-corrected chi connectivity index (χ0v) is 11.7. The molecule has 2 rings (SSSR count). The Balaban J connectivity index is 2.75. The van der Waals surface area contributed by atoms with Crippen LogP contribution in [0.15, 0.2) is 60.7 Å². The maximum Gasteiger partial charge on any atom is 0.112 e. The topological polar surface area (TPSA) is 23.8 Å². The van der Waals surface area contributed by atoms with Gasteiger partial charge in [-0.05, 0) is 16.5 Å². The summed E-state index contributed by atoms with van der Waals surface area (Å²) in [6, 6.07) is 22.7. The Morgan fingerprint density at radius 3 is 1.37 bits per heavy atom. The fraction of sp³-hybridized carbons (Fsp3) is 0.278. The second kappa shape index (κ2) is 4.90. The molecule has 19 heavy (non-hydrogen) atoms. The fourth-order valence-electron chi connectivity index (χ4n) is 2.71. The van der Waals surface area contributed by atoms with Gasteiger partial charge in [-0.1, -0.05) is 81.4 Å². The lowest BCUT2D eigenvalue weighted by molar-refractivity contribution is 0.289. The quantitative estimate of drug-likeness (QED) is 0.766. The molecule has 0 aliphatic carbocycles. The van der Waals surface area contributed by atoms with E-state index in [0.717, 1.165) is 11.1 Å². The van der Waals surface area contributed by atoms with Crippen LogP contribution in [-0.4, -0.2) is 0 Å². The van der Waals surface area contributed by atoms with E-state index in [4.69, 9.17) is 0 Å². The Bertz CT molecular complexity index is 531. The van der Waals surface area contributed by atoms with Crippen molar-refractivity contribution in [2.24, 2.45) is 5.41 Å². The minimum atomic E-state index is -0.629. The highest BCUT2D eigenvalue weighted by atomic mass is 14.5. The maximum absolute atomic E-state index is 9.97. The van der Waals surface area contributed by atoms with Gasteiger partial charge in [0.2, 0.25) is 0 Å². The third-order valence-electron chi connectivity index (χ3n) is 3.71. The van der Waals surface area contributed by atoms with Crippen molar-refractivity contribution in [3.05, 3.63) is 71.8 Å². The normalized spacial score (nSPS) is 11.9. The van der Waals surface area contributed by atoms with Crippen LogP contribution in [0, 0.1) is 16.7 Å². The van der Waals surface area contributed by atoms with Crippen LogP contribution in [0.3, 0.4) is 0 Å². The Hall–Kier alpha value is -2.07. The van der Waals surface area contributed by atoms with Gasteiger partial charge < -0.3 is 0 Å². The van der Waals surface area contributed by atoms with Crippen LogP contribution >= 0.6 is 0 Å². The molecule has 1 nitrogen and oxygen atoms in total. The minimum Gasteiger partial charge on any atom is -0.197 e. The van der Waals surface area contributed by atoms with Gasteiger partial charge in [0.1, 0.15) is 5.41 Å². The highest BCUT2D eigenvalue weighted by Crippen LogP contribution is 2.46. The van der Waals surface area contributed by atoms with Gasteiger partial charge in [-0.3, -0.25) is 0 Å². The monoisotopic (exact) mass is 249 g/mol. The summed E-state index contributed by atoms with van der Waals surface area (Å²) in [7, 11) is 0. The lowest BCUT2D eigenvalue weighted by atomic mass is 9.60. The van der Waals surface area contributed by atoms with Crippen LogP contribution in [0.2, 0.25) is 0 Å². The van der Waals surface area contributed by atoms with Gasteiger partial charge in [-0.15, -0.1) is 0 Å². The first kappa shape index (κ1) is 13.4. The molecule has 96 valence electrons. The highest BCUT2D eigenvalue weighted by molar-refractivity contribution is 5.48. The van der Waals surface area contributed by atoms with Crippen molar-refractivity contribution in [1.29, 1.82) is 5.26 Å². The van der Waals surface area contributed by atoms with Crippen molar-refractivity contribution < 1.29 is 0 Å². The molecule has 2 aromatic carbocycles. The third-order valence-corrected chi connectivity index (χ3v) is 3.71. The number of hydrogen-bond donors (Lipinski definition) is 0. The summed E-state index contributed by atoms with van der Waals surface area (Å²) in [4.78, 5) is 0. The van der Waals surface area contributed by atoms with Crippen molar-refractivity contribution in [2.45, 2.75) is 26.2 Å². The summed E-state index contributed by atoms with van der Waals surface area (Å²) >= 11 is 0. The van der Waals surface area contributed by atoms with Crippen LogP contribution in [0.25, 0.3) is 0 Å². The molecule has 0 saturated carbocycles. The van der Waals surface area contributed by atoms with Crippen molar-refractivity contribution in [1.82, 2.24) is 0 Å². The zero-order chi connectivity index (χ0) is 13.9. The van der Waals surface area contributed by atoms with Crippen molar-refractivity contribution in [3.63, 3.8) is 0 Å². The van der Waals surface area contributed by atoms with Gasteiger partial charge in [-0.2, -0.15) is 5.26 Å². The lowest BCUT2D eigenvalue weighted by Crippen LogP contribution is -2.39. The largest absolute Gasteiger partial charge is 0.197 e. The molecule has 0 N–H and O–H groups in total. The van der Waals surface area contributed by atoms with Crippen LogP contribution in [0.4, 0.5) is 0 Å². The number of nitriles is 1. The summed E-state index contributed by atoms with van der Waals surface area (Å²) < 4.78 is 0. The number of benzene rings is 2. The van der Waals surface area contributed by atoms with E-state index < -0.39 is 5.41 Å². The number of hydrogen-bond acceptors (Lipinski definition) is 1. The Labute approximate surface area is 115 Å². The molecule has 0 aliphatic heterocycles. The molecule has 0 aliphatic rings. The smallest absolute Gasteiger partial charge is 0.112 e. The van der Waals surface area contributed by atoms with Gasteiger partial charge in [0.25, 0.3) is 0 Å². The Morgan fingerprint density at radius 2 is 1.11 bits per heavy atom. The zero-order valence-electron chi connectivity index (χ0n) is 11.7. The van der Waals surface area contributed by atoms with E-state index in [1.165, 1.54) is 0 Å². The number of rotatable bonds is 2. The molecule has 0 saturated heterocycles. The molecule has 0 aromatic heterocycles. The summed E-state index contributed by atoms with van der Waals surface area (Å²) in [6.07, 6.45) is 0. The molecule has 0 amide bonds. The summed E-state index contributed by atoms with van der Waals surface area (Å²) in [5, 5.41) is 9.97. The SMILES string of the molecule is CC(C)(C)C(C#N)(c1ccccc1)c1ccccc1. The fourth-order valence-corrected chi connectivity index (χ4v) is 2.71. The maximum atomic E-state index is 9.97. The van der Waals surface area contributed by atoms with Crippen molar-refractivity contribution in [2.75, 3.05) is 0 Å². The molecule has 0 spiro atoms. The minimum absolute atomic E-state index is 0.190. The van der Waals surface area contributed by atoms with Crippen molar-refractivity contribution in [3.8, 4) is 6.07 Å². The molecule has 0 unspecified atom stereocenters. The van der Waals surface area contributed by atoms with Gasteiger partial charge in [0, 0.05) is 0 Å². The van der Waals surface area contributed by atoms with E-state index in [2.05, 4.69) is 26.8 Å². The molecule has 0 heterocycles. The standard InChI is InChI=1S/C18H19N/c1-17(2,3)18(14-19,15-10-6-4-7-11-15)16-12-8-5-9-13-16/h4-13H,1-3H3. The summed E-state index contributed by atoms with van der Waals surface area (Å²) in [5.74, 6) is 0. The second-order valence-electron chi connectivity index (χ2n) is 5.84. The molecular weight excluding hydrogens is 230 g/mol. The van der Waals surface area contributed by atoms with Crippen LogP contribution in [-0.2, 0) is 5.41 Å². The van der Waals surface area contributed by atoms with Gasteiger partial charge in [-0.25, -0.2) is 0 Å². The first-order valence-electron chi connectivity index (χ1n) is 6.54. The third kappa shape index (κ3) is 2.15. The van der Waals surface area contributed by atoms with E-state index in [9.17, 15) is 5.26 Å². The summed E-state index contributed by atoms with van der Waals surface area (Å²) in [5.41, 5.74) is 1.28. The molecule has 2 aromatic rings. The average molecular weight is 249 g/mol. The van der Waals surface area contributed by atoms with E-state index in [0.29, 0.717) is 0 Å². The van der Waals surface area contributed by atoms with Crippen LogP contribution in [0.1, 0.15) is 31.9 Å². The van der Waals surface area contributed by atoms with E-state index in [-0.39, 0.29) is 5.41 Å². The molecule has 0 fully saturated rings. The predicted molar refractivity (Wildman–Crippen MR) is 78.7 cm³/mol. The first-order valence-corrected chi connectivity index (χ1v) is 6.54. The van der Waals surface area contributed by atoms with E-state index in [1.54, 1.807) is 0 Å². The average Bonchev–Trinajstić information content (AvgIpc) is 2.41. The second-order valence-corrected chi connectivity index (χ2v) is 5.84. The van der Waals surface area contributed by atoms with Gasteiger partial charge >= 0.3 is 0 Å². The Morgan fingerprint density at radius 1 is 0.737 bits per heavy atom. The number of nitrogens with zero attached hydrogens (tertiary/aromatic N) is 1. The van der Waals surface area contributed by atoms with Crippen LogP contribution < -0.4 is 0 Å². The van der Waals surface area contributed by atoms with Crippen molar-refractivity contribution >= 4 is 0 Å². The molecule has 0 radical (unpaired) electrons. The Kier molecular flexibility index (Phi) is 3.44. The van der Waals surface area contributed by atoms with Crippen LogP contribution in [0.5, 0.6) is 0 Å². The first-order chi connectivity index (χ1) is 9.02. The van der Waals surface area contributed by atoms with E-state index >= 15 is 0 Å². The van der Waals surface area contributed by atoms with Gasteiger partial charge in [0.05, 0.1) is 6.07 Å². The molecule has 0 bridgehead atoms. The predicted octanol–water partition coefficient (Wildman–Crippen LogP) is 4.54. The van der Waals surface area contributed by atoms with E-state index in [1.807, 2.05) is 60.7 Å². The molecule has 1 heteroatoms. The summed E-state index contributed by atoms with van der Waals surface area (Å²) in [6.45, 7) is 6.36. The molecule has 0 atom stereocenters. The van der Waals surface area contributed by atoms with Gasteiger partial charge in [0.15, 0.2) is 0 Å². The lowest BCUT2D eigenvalue weighted by Gasteiger charge is -2.40.